The molecule has 0 spiro atoms. The van der Waals surface area contributed by atoms with Gasteiger partial charge in [-0.25, -0.2) is 23.1 Å². The minimum absolute atomic E-state index is 0.108. The molecule has 0 unspecified atom stereocenters. The Morgan fingerprint density at radius 1 is 1.15 bits per heavy atom. The van der Waals surface area contributed by atoms with Gasteiger partial charge in [0.05, 0.1) is 16.9 Å². The van der Waals surface area contributed by atoms with Gasteiger partial charge >= 0.3 is 6.18 Å². The second-order valence-corrected chi connectivity index (χ2v) is 8.15. The Hall–Kier alpha value is -2.46. The zero-order chi connectivity index (χ0) is 20.0. The number of aryl methyl sites for hydroxylation is 1. The van der Waals surface area contributed by atoms with Gasteiger partial charge < -0.3 is 0 Å². The third-order valence-corrected chi connectivity index (χ3v) is 4.89. The Kier molecular flexibility index (Phi) is 4.73. The molecule has 1 aromatic carbocycles. The first-order chi connectivity index (χ1) is 12.5. The molecule has 3 rings (SSSR count). The van der Waals surface area contributed by atoms with Crippen LogP contribution in [0.3, 0.4) is 0 Å². The van der Waals surface area contributed by atoms with Crippen LogP contribution in [-0.4, -0.2) is 34.4 Å². The number of halogens is 4. The molecular formula is C16H12ClF3N4O2S. The fourth-order valence-electron chi connectivity index (χ4n) is 2.31. The van der Waals surface area contributed by atoms with Gasteiger partial charge in [0, 0.05) is 11.8 Å². The van der Waals surface area contributed by atoms with Crippen LogP contribution >= 0.6 is 11.6 Å². The maximum Gasteiger partial charge on any atom is 0.453 e. The van der Waals surface area contributed by atoms with Gasteiger partial charge in [0.15, 0.2) is 20.7 Å². The zero-order valence-electron chi connectivity index (χ0n) is 14.0. The predicted molar refractivity (Wildman–Crippen MR) is 92.4 cm³/mol. The molecule has 0 aliphatic carbocycles. The Balaban J connectivity index is 2.21. The monoisotopic (exact) mass is 416 g/mol. The fraction of sp³-hybridized carbons (Fsp3) is 0.188. The number of nitrogens with zero attached hydrogens (tertiary/aromatic N) is 4. The van der Waals surface area contributed by atoms with Crippen LogP contribution in [0.5, 0.6) is 0 Å². The lowest BCUT2D eigenvalue weighted by molar-refractivity contribution is -0.144. The summed E-state index contributed by atoms with van der Waals surface area (Å²) in [6, 6.07) is 7.28. The van der Waals surface area contributed by atoms with E-state index in [1.165, 1.54) is 18.2 Å². The van der Waals surface area contributed by atoms with Crippen molar-refractivity contribution in [1.82, 2.24) is 19.7 Å². The second-order valence-electron chi connectivity index (χ2n) is 5.78. The smallest absolute Gasteiger partial charge is 0.242 e. The lowest BCUT2D eigenvalue weighted by Crippen LogP contribution is -2.09. The molecule has 0 saturated carbocycles. The van der Waals surface area contributed by atoms with E-state index in [0.29, 0.717) is 0 Å². The molecule has 27 heavy (non-hydrogen) atoms. The first-order valence-electron chi connectivity index (χ1n) is 7.44. The summed E-state index contributed by atoms with van der Waals surface area (Å²) < 4.78 is 63.4. The standard InChI is InChI=1S/C16H12ClF3N4O2S/c1-9-3-5-11(12(17)7-9)14-22-15(16(18,19)20)23-24(14)10-4-6-13(21-8-10)27(2,25)26/h3-8H,1-2H3. The number of alkyl halides is 3. The van der Waals surface area contributed by atoms with Crippen molar-refractivity contribution in [2.45, 2.75) is 18.1 Å². The molecule has 11 heteroatoms. The second kappa shape index (κ2) is 6.61. The van der Waals surface area contributed by atoms with Crippen LogP contribution in [0.1, 0.15) is 11.4 Å². The molecule has 0 radical (unpaired) electrons. The van der Waals surface area contributed by atoms with Gasteiger partial charge in [0.25, 0.3) is 5.82 Å². The van der Waals surface area contributed by atoms with Crippen molar-refractivity contribution in [3.8, 4) is 17.1 Å². The van der Waals surface area contributed by atoms with Gasteiger partial charge in [0.1, 0.15) is 0 Å². The third-order valence-electron chi connectivity index (χ3n) is 3.57. The topological polar surface area (TPSA) is 77.7 Å². The van der Waals surface area contributed by atoms with E-state index in [9.17, 15) is 21.6 Å². The normalized spacial score (nSPS) is 12.4. The van der Waals surface area contributed by atoms with Crippen molar-refractivity contribution in [2.24, 2.45) is 0 Å². The van der Waals surface area contributed by atoms with Crippen LogP contribution in [0.4, 0.5) is 13.2 Å². The minimum Gasteiger partial charge on any atom is -0.242 e. The molecule has 0 amide bonds. The Morgan fingerprint density at radius 2 is 1.85 bits per heavy atom. The highest BCUT2D eigenvalue weighted by atomic mass is 35.5. The van der Waals surface area contributed by atoms with E-state index in [-0.39, 0.29) is 27.1 Å². The molecule has 6 nitrogen and oxygen atoms in total. The average molecular weight is 417 g/mol. The lowest BCUT2D eigenvalue weighted by Gasteiger charge is -2.08. The molecule has 2 aromatic heterocycles. The number of hydrogen-bond acceptors (Lipinski definition) is 5. The van der Waals surface area contributed by atoms with Crippen molar-refractivity contribution in [2.75, 3.05) is 6.26 Å². The SMILES string of the molecule is Cc1ccc(-c2nc(C(F)(F)F)nn2-c2ccc(S(C)(=O)=O)nc2)c(Cl)c1. The van der Waals surface area contributed by atoms with E-state index < -0.39 is 21.8 Å². The summed E-state index contributed by atoms with van der Waals surface area (Å²) in [4.78, 5) is 7.36. The van der Waals surface area contributed by atoms with Crippen molar-refractivity contribution in [3.63, 3.8) is 0 Å². The Morgan fingerprint density at radius 3 is 2.37 bits per heavy atom. The molecule has 0 saturated heterocycles. The molecule has 0 aliphatic rings. The van der Waals surface area contributed by atoms with Gasteiger partial charge in [0.2, 0.25) is 0 Å². The van der Waals surface area contributed by atoms with E-state index in [4.69, 9.17) is 11.6 Å². The number of hydrogen-bond donors (Lipinski definition) is 0. The van der Waals surface area contributed by atoms with Gasteiger partial charge in [-0.05, 0) is 36.8 Å². The van der Waals surface area contributed by atoms with Crippen LogP contribution in [-0.2, 0) is 16.0 Å². The van der Waals surface area contributed by atoms with Crippen LogP contribution in [0.15, 0.2) is 41.6 Å². The summed E-state index contributed by atoms with van der Waals surface area (Å²) >= 11 is 6.17. The molecule has 2 heterocycles. The van der Waals surface area contributed by atoms with Crippen molar-refractivity contribution in [3.05, 3.63) is 52.9 Å². The van der Waals surface area contributed by atoms with Crippen LogP contribution in [0.25, 0.3) is 17.1 Å². The lowest BCUT2D eigenvalue weighted by atomic mass is 10.1. The van der Waals surface area contributed by atoms with Crippen molar-refractivity contribution < 1.29 is 21.6 Å². The van der Waals surface area contributed by atoms with E-state index in [2.05, 4.69) is 15.1 Å². The molecule has 0 atom stereocenters. The van der Waals surface area contributed by atoms with Crippen LogP contribution in [0.2, 0.25) is 5.02 Å². The highest BCUT2D eigenvalue weighted by Crippen LogP contribution is 2.33. The summed E-state index contributed by atoms with van der Waals surface area (Å²) in [5.74, 6) is -1.48. The number of aromatic nitrogens is 4. The zero-order valence-corrected chi connectivity index (χ0v) is 15.6. The quantitative estimate of drug-likeness (QED) is 0.650. The summed E-state index contributed by atoms with van der Waals surface area (Å²) in [6.45, 7) is 1.79. The first kappa shape index (κ1) is 19.3. The maximum atomic E-state index is 13.1. The van der Waals surface area contributed by atoms with E-state index in [1.807, 2.05) is 0 Å². The van der Waals surface area contributed by atoms with Gasteiger partial charge in [-0.15, -0.1) is 5.10 Å². The summed E-state index contributed by atoms with van der Waals surface area (Å²) in [5, 5.41) is 3.51. The minimum atomic E-state index is -4.77. The Labute approximate surface area is 157 Å². The summed E-state index contributed by atoms with van der Waals surface area (Å²) in [7, 11) is -3.55. The predicted octanol–water partition coefficient (Wildman–Crippen LogP) is 3.71. The molecule has 3 aromatic rings. The van der Waals surface area contributed by atoms with E-state index in [0.717, 1.165) is 22.7 Å². The first-order valence-corrected chi connectivity index (χ1v) is 9.71. The number of pyridine rings is 1. The fourth-order valence-corrected chi connectivity index (χ4v) is 3.18. The van der Waals surface area contributed by atoms with Crippen molar-refractivity contribution in [1.29, 1.82) is 0 Å². The number of sulfone groups is 1. The summed E-state index contributed by atoms with van der Waals surface area (Å²) in [6.07, 6.45) is -2.68. The van der Waals surface area contributed by atoms with Crippen LogP contribution < -0.4 is 0 Å². The third kappa shape index (κ3) is 3.96. The molecule has 142 valence electrons. The molecule has 0 N–H and O–H groups in total. The van der Waals surface area contributed by atoms with Gasteiger partial charge in [-0.1, -0.05) is 17.7 Å². The summed E-state index contributed by atoms with van der Waals surface area (Å²) in [5.41, 5.74) is 1.18. The molecular weight excluding hydrogens is 405 g/mol. The number of benzene rings is 1. The highest BCUT2D eigenvalue weighted by Gasteiger charge is 2.37. The van der Waals surface area contributed by atoms with E-state index >= 15 is 0 Å². The van der Waals surface area contributed by atoms with Gasteiger partial charge in [-0.2, -0.15) is 13.2 Å². The molecule has 0 bridgehead atoms. The number of rotatable bonds is 3. The molecule has 0 aliphatic heterocycles. The van der Waals surface area contributed by atoms with Gasteiger partial charge in [-0.3, -0.25) is 0 Å². The Bertz CT molecular complexity index is 1110. The average Bonchev–Trinajstić information content (AvgIpc) is 2.99. The highest BCUT2D eigenvalue weighted by molar-refractivity contribution is 7.90. The van der Waals surface area contributed by atoms with Crippen LogP contribution in [0, 0.1) is 6.92 Å². The maximum absolute atomic E-state index is 13.1. The van der Waals surface area contributed by atoms with Crippen molar-refractivity contribution >= 4 is 21.4 Å². The largest absolute Gasteiger partial charge is 0.453 e. The molecule has 0 fully saturated rings. The van der Waals surface area contributed by atoms with E-state index in [1.54, 1.807) is 19.1 Å².